The van der Waals surface area contributed by atoms with Crippen molar-refractivity contribution in [3.8, 4) is 5.88 Å². The zero-order chi connectivity index (χ0) is 13.8. The summed E-state index contributed by atoms with van der Waals surface area (Å²) in [6, 6.07) is 5.23. The van der Waals surface area contributed by atoms with Gasteiger partial charge in [0.2, 0.25) is 5.88 Å². The molecular weight excluding hydrogens is 309 g/mol. The number of pyridine rings is 2. The van der Waals surface area contributed by atoms with Crippen molar-refractivity contribution in [3.63, 3.8) is 0 Å². The Kier molecular flexibility index (Phi) is 4.69. The molecule has 2 rings (SSSR count). The summed E-state index contributed by atoms with van der Waals surface area (Å²) in [5.74, 6) is 1.03. The molecule has 0 aliphatic carbocycles. The molecule has 7 heteroatoms. The Morgan fingerprint density at radius 2 is 2.00 bits per heavy atom. The van der Waals surface area contributed by atoms with Crippen molar-refractivity contribution >= 4 is 40.6 Å². The van der Waals surface area contributed by atoms with Gasteiger partial charge < -0.3 is 10.1 Å². The van der Waals surface area contributed by atoms with E-state index in [1.165, 1.54) is 0 Å². The summed E-state index contributed by atoms with van der Waals surface area (Å²) in [5, 5.41) is 4.02. The first-order valence-electron chi connectivity index (χ1n) is 5.34. The van der Waals surface area contributed by atoms with E-state index in [9.17, 15) is 0 Å². The van der Waals surface area contributed by atoms with E-state index >= 15 is 0 Å². The molecule has 0 aromatic carbocycles. The molecule has 100 valence electrons. The Bertz CT molecular complexity index is 592. The lowest BCUT2D eigenvalue weighted by Gasteiger charge is -2.09. The summed E-state index contributed by atoms with van der Waals surface area (Å²) >= 11 is 17.7. The normalized spacial score (nSPS) is 10.3. The van der Waals surface area contributed by atoms with Crippen LogP contribution in [0.15, 0.2) is 24.4 Å². The van der Waals surface area contributed by atoms with Crippen molar-refractivity contribution in [3.05, 3.63) is 45.2 Å². The van der Waals surface area contributed by atoms with Crippen LogP contribution < -0.4 is 10.1 Å². The van der Waals surface area contributed by atoms with Gasteiger partial charge in [-0.05, 0) is 17.7 Å². The molecule has 0 radical (unpaired) electrons. The molecular formula is C12H10Cl3N3O. The largest absolute Gasteiger partial charge is 0.481 e. The maximum absolute atomic E-state index is 6.02. The van der Waals surface area contributed by atoms with Gasteiger partial charge in [0.15, 0.2) is 0 Å². The van der Waals surface area contributed by atoms with Crippen LogP contribution in [0.2, 0.25) is 15.2 Å². The number of anilines is 1. The maximum Gasteiger partial charge on any atom is 0.213 e. The Morgan fingerprint density at radius 3 is 2.74 bits per heavy atom. The molecule has 0 fully saturated rings. The highest BCUT2D eigenvalue weighted by atomic mass is 35.5. The molecule has 0 unspecified atom stereocenters. The minimum absolute atomic E-state index is 0.209. The van der Waals surface area contributed by atoms with Gasteiger partial charge in [-0.3, -0.25) is 0 Å². The molecule has 0 aliphatic rings. The minimum atomic E-state index is 0.209. The smallest absolute Gasteiger partial charge is 0.213 e. The minimum Gasteiger partial charge on any atom is -0.481 e. The second-order valence-corrected chi connectivity index (χ2v) is 4.82. The number of aromatic nitrogens is 2. The molecule has 0 bridgehead atoms. The lowest BCUT2D eigenvalue weighted by atomic mass is 10.2. The average Bonchev–Trinajstić information content (AvgIpc) is 2.41. The zero-order valence-electron chi connectivity index (χ0n) is 9.95. The highest BCUT2D eigenvalue weighted by molar-refractivity contribution is 6.42. The molecule has 0 amide bonds. The number of methoxy groups -OCH3 is 1. The number of nitrogens with zero attached hydrogens (tertiary/aromatic N) is 2. The summed E-state index contributed by atoms with van der Waals surface area (Å²) in [4.78, 5) is 8.10. The quantitative estimate of drug-likeness (QED) is 0.864. The molecule has 0 spiro atoms. The number of rotatable bonds is 4. The van der Waals surface area contributed by atoms with Gasteiger partial charge >= 0.3 is 0 Å². The van der Waals surface area contributed by atoms with E-state index in [0.29, 0.717) is 28.3 Å². The Balaban J connectivity index is 2.12. The highest BCUT2D eigenvalue weighted by Gasteiger charge is 2.07. The van der Waals surface area contributed by atoms with E-state index in [1.807, 2.05) is 12.1 Å². The number of hydrogen-bond acceptors (Lipinski definition) is 4. The molecule has 0 atom stereocenters. The summed E-state index contributed by atoms with van der Waals surface area (Å²) in [6.45, 7) is 0.517. The Hall–Kier alpha value is -1.23. The lowest BCUT2D eigenvalue weighted by Crippen LogP contribution is -2.03. The fourth-order valence-electron chi connectivity index (χ4n) is 1.43. The van der Waals surface area contributed by atoms with Crippen molar-refractivity contribution < 1.29 is 4.74 Å². The molecule has 4 nitrogen and oxygen atoms in total. The first-order chi connectivity index (χ1) is 9.10. The number of halogens is 3. The van der Waals surface area contributed by atoms with Crippen molar-refractivity contribution in [1.29, 1.82) is 0 Å². The maximum atomic E-state index is 6.02. The van der Waals surface area contributed by atoms with Crippen LogP contribution in [-0.2, 0) is 6.54 Å². The van der Waals surface area contributed by atoms with E-state index in [1.54, 1.807) is 19.4 Å². The van der Waals surface area contributed by atoms with Gasteiger partial charge in [-0.1, -0.05) is 34.8 Å². The van der Waals surface area contributed by atoms with Crippen LogP contribution in [0.25, 0.3) is 0 Å². The highest BCUT2D eigenvalue weighted by Crippen LogP contribution is 2.29. The summed E-state index contributed by atoms with van der Waals surface area (Å²) in [7, 11) is 1.57. The van der Waals surface area contributed by atoms with Gasteiger partial charge in [-0.2, -0.15) is 0 Å². The Morgan fingerprint density at radius 1 is 1.21 bits per heavy atom. The molecule has 1 N–H and O–H groups in total. The second kappa shape index (κ2) is 6.28. The third kappa shape index (κ3) is 3.62. The van der Waals surface area contributed by atoms with Crippen molar-refractivity contribution in [1.82, 2.24) is 9.97 Å². The molecule has 0 saturated carbocycles. The van der Waals surface area contributed by atoms with Crippen LogP contribution in [0.5, 0.6) is 5.88 Å². The van der Waals surface area contributed by atoms with Crippen molar-refractivity contribution in [2.24, 2.45) is 0 Å². The van der Waals surface area contributed by atoms with Crippen LogP contribution in [0.4, 0.5) is 5.82 Å². The van der Waals surface area contributed by atoms with Gasteiger partial charge in [0.1, 0.15) is 11.0 Å². The van der Waals surface area contributed by atoms with Crippen molar-refractivity contribution in [2.75, 3.05) is 12.4 Å². The topological polar surface area (TPSA) is 47.0 Å². The second-order valence-electron chi connectivity index (χ2n) is 3.65. The number of ether oxygens (including phenoxy) is 1. The first kappa shape index (κ1) is 14.2. The predicted molar refractivity (Wildman–Crippen MR) is 77.4 cm³/mol. The van der Waals surface area contributed by atoms with Gasteiger partial charge in [-0.15, -0.1) is 0 Å². The van der Waals surface area contributed by atoms with Crippen LogP contribution in [0.1, 0.15) is 5.56 Å². The Labute approximate surface area is 125 Å². The van der Waals surface area contributed by atoms with Crippen LogP contribution in [0.3, 0.4) is 0 Å². The molecule has 2 heterocycles. The van der Waals surface area contributed by atoms with E-state index in [2.05, 4.69) is 15.3 Å². The van der Waals surface area contributed by atoms with Crippen LogP contribution >= 0.6 is 34.8 Å². The lowest BCUT2D eigenvalue weighted by molar-refractivity contribution is 0.397. The molecule has 19 heavy (non-hydrogen) atoms. The third-order valence-corrected chi connectivity index (χ3v) is 3.32. The van der Waals surface area contributed by atoms with E-state index in [0.717, 1.165) is 5.56 Å². The standard InChI is InChI=1S/C12H10Cl3N3O/c1-19-10-4-7(2-3-16-10)6-17-12-9(14)5-8(13)11(15)18-12/h2-5H,6H2,1H3,(H,17,18). The summed E-state index contributed by atoms with van der Waals surface area (Å²) in [6.07, 6.45) is 1.67. The SMILES string of the molecule is COc1cc(CNc2nc(Cl)c(Cl)cc2Cl)ccn1. The molecule has 2 aromatic heterocycles. The monoisotopic (exact) mass is 317 g/mol. The molecule has 0 saturated heterocycles. The zero-order valence-corrected chi connectivity index (χ0v) is 12.2. The first-order valence-corrected chi connectivity index (χ1v) is 6.48. The summed E-state index contributed by atoms with van der Waals surface area (Å²) in [5.41, 5.74) is 0.982. The van der Waals surface area contributed by atoms with Gasteiger partial charge in [-0.25, -0.2) is 9.97 Å². The third-order valence-electron chi connectivity index (χ3n) is 2.36. The van der Waals surface area contributed by atoms with Crippen molar-refractivity contribution in [2.45, 2.75) is 6.54 Å². The van der Waals surface area contributed by atoms with E-state index in [4.69, 9.17) is 39.5 Å². The van der Waals surface area contributed by atoms with Gasteiger partial charge in [0.05, 0.1) is 17.2 Å². The van der Waals surface area contributed by atoms with Crippen LogP contribution in [0, 0.1) is 0 Å². The van der Waals surface area contributed by atoms with Gasteiger partial charge in [0, 0.05) is 18.8 Å². The summed E-state index contributed by atoms with van der Waals surface area (Å²) < 4.78 is 5.05. The number of nitrogens with one attached hydrogen (secondary N) is 1. The van der Waals surface area contributed by atoms with E-state index < -0.39 is 0 Å². The van der Waals surface area contributed by atoms with E-state index in [-0.39, 0.29) is 5.15 Å². The molecule has 2 aromatic rings. The predicted octanol–water partition coefficient (Wildman–Crippen LogP) is 4.06. The fourth-order valence-corrected chi connectivity index (χ4v) is 1.99. The fraction of sp³-hybridized carbons (Fsp3) is 0.167. The molecule has 0 aliphatic heterocycles. The van der Waals surface area contributed by atoms with Crippen LogP contribution in [-0.4, -0.2) is 17.1 Å². The number of hydrogen-bond donors (Lipinski definition) is 1. The van der Waals surface area contributed by atoms with Gasteiger partial charge in [0.25, 0.3) is 0 Å². The average molecular weight is 319 g/mol.